The molecule has 0 saturated carbocycles. The fourth-order valence-electron chi connectivity index (χ4n) is 4.29. The van der Waals surface area contributed by atoms with E-state index >= 15 is 0 Å². The number of carbonyl (C=O) groups excluding carboxylic acids is 2. The normalized spacial score (nSPS) is 22.5. The molecule has 4 rings (SSSR count). The zero-order chi connectivity index (χ0) is 29.5. The minimum Gasteiger partial charge on any atom is -0.508 e. The van der Waals surface area contributed by atoms with E-state index in [9.17, 15) is 60.7 Å². The van der Waals surface area contributed by atoms with E-state index in [4.69, 9.17) is 9.47 Å². The minimum atomic E-state index is -2.02. The van der Waals surface area contributed by atoms with Crippen LogP contribution >= 0.6 is 0 Å². The first-order valence-corrected chi connectivity index (χ1v) is 11.6. The number of aromatic hydroxyl groups is 7. The highest BCUT2D eigenvalue weighted by Gasteiger charge is 2.49. The highest BCUT2D eigenvalue weighted by Crippen LogP contribution is 2.47. The van der Waals surface area contributed by atoms with E-state index in [1.807, 2.05) is 0 Å². The standard InChI is InChI=1S/C26H24O14/c27-8-16-21(35)23(37)25(40-26(38)10-5-14(31)20(34)15(32)6-10)24(39-16)18-13(30)7-12(29)17(22(18)36)19(33)9-1-3-11(28)4-2-9/h1-7,16,21,23-25,27-32,34-37H,8H2/t16-,21+,23+,24+,25+/m1/s1. The Morgan fingerprint density at radius 3 is 1.93 bits per heavy atom. The number of benzene rings is 3. The van der Waals surface area contributed by atoms with E-state index < -0.39 is 100 Å². The molecule has 212 valence electrons. The van der Waals surface area contributed by atoms with Crippen LogP contribution < -0.4 is 0 Å². The first-order chi connectivity index (χ1) is 18.8. The first kappa shape index (κ1) is 28.3. The van der Waals surface area contributed by atoms with Gasteiger partial charge < -0.3 is 60.5 Å². The summed E-state index contributed by atoms with van der Waals surface area (Å²) in [5.41, 5.74) is -2.02. The molecule has 1 aliphatic heterocycles. The van der Waals surface area contributed by atoms with Crippen LogP contribution in [-0.2, 0) is 9.47 Å². The van der Waals surface area contributed by atoms with Crippen molar-refractivity contribution in [1.82, 2.24) is 0 Å². The summed E-state index contributed by atoms with van der Waals surface area (Å²) in [7, 11) is 0. The molecule has 0 unspecified atom stereocenters. The van der Waals surface area contributed by atoms with Crippen molar-refractivity contribution in [3.8, 4) is 40.2 Å². The van der Waals surface area contributed by atoms with Gasteiger partial charge in [0.2, 0.25) is 5.78 Å². The van der Waals surface area contributed by atoms with Crippen LogP contribution in [-0.4, -0.2) is 93.8 Å². The van der Waals surface area contributed by atoms with E-state index in [0.717, 1.165) is 12.1 Å². The number of phenols is 7. The zero-order valence-electron chi connectivity index (χ0n) is 20.2. The van der Waals surface area contributed by atoms with E-state index in [0.29, 0.717) is 6.07 Å². The summed E-state index contributed by atoms with van der Waals surface area (Å²) in [4.78, 5) is 26.0. The average Bonchev–Trinajstić information content (AvgIpc) is 2.90. The van der Waals surface area contributed by atoms with Crippen molar-refractivity contribution in [1.29, 1.82) is 0 Å². The second kappa shape index (κ2) is 10.8. The smallest absolute Gasteiger partial charge is 0.338 e. The number of aliphatic hydroxyl groups is 3. The molecule has 0 aliphatic carbocycles. The van der Waals surface area contributed by atoms with E-state index in [1.165, 1.54) is 24.3 Å². The Labute approximate surface area is 224 Å². The lowest BCUT2D eigenvalue weighted by molar-refractivity contribution is -0.232. The van der Waals surface area contributed by atoms with Crippen molar-refractivity contribution in [2.24, 2.45) is 0 Å². The number of hydrogen-bond donors (Lipinski definition) is 10. The molecular weight excluding hydrogens is 536 g/mol. The third-order valence-electron chi connectivity index (χ3n) is 6.35. The number of rotatable bonds is 6. The number of ether oxygens (including phenoxy) is 2. The van der Waals surface area contributed by atoms with Crippen molar-refractivity contribution in [2.45, 2.75) is 30.5 Å². The van der Waals surface area contributed by atoms with Gasteiger partial charge in [0.1, 0.15) is 53.0 Å². The van der Waals surface area contributed by atoms with Gasteiger partial charge in [0.25, 0.3) is 0 Å². The number of phenolic OH excluding ortho intramolecular Hbond substituents is 7. The predicted octanol–water partition coefficient (Wildman–Crippen LogP) is 0.236. The van der Waals surface area contributed by atoms with Gasteiger partial charge >= 0.3 is 5.97 Å². The maximum atomic E-state index is 13.1. The molecule has 0 radical (unpaired) electrons. The lowest BCUT2D eigenvalue weighted by atomic mass is 9.88. The van der Waals surface area contributed by atoms with Gasteiger partial charge in [-0.1, -0.05) is 0 Å². The minimum absolute atomic E-state index is 0.0942. The van der Waals surface area contributed by atoms with E-state index in [2.05, 4.69) is 0 Å². The van der Waals surface area contributed by atoms with Crippen molar-refractivity contribution in [3.05, 3.63) is 64.7 Å². The van der Waals surface area contributed by atoms with Gasteiger partial charge in [-0.2, -0.15) is 0 Å². The summed E-state index contributed by atoms with van der Waals surface area (Å²) in [6.07, 6.45) is -9.25. The molecule has 3 aromatic carbocycles. The van der Waals surface area contributed by atoms with Crippen LogP contribution in [0.5, 0.6) is 40.2 Å². The Morgan fingerprint density at radius 2 is 1.35 bits per heavy atom. The highest BCUT2D eigenvalue weighted by molar-refractivity contribution is 6.13. The number of ketones is 1. The molecule has 1 heterocycles. The van der Waals surface area contributed by atoms with Gasteiger partial charge in [-0.05, 0) is 36.4 Å². The summed E-state index contributed by atoms with van der Waals surface area (Å²) in [5.74, 6) is -7.99. The number of esters is 1. The molecule has 0 aromatic heterocycles. The molecule has 0 bridgehead atoms. The van der Waals surface area contributed by atoms with Crippen molar-refractivity contribution < 1.29 is 70.1 Å². The maximum absolute atomic E-state index is 13.1. The quantitative estimate of drug-likeness (QED) is 0.110. The highest BCUT2D eigenvalue weighted by atomic mass is 16.6. The fourth-order valence-corrected chi connectivity index (χ4v) is 4.29. The van der Waals surface area contributed by atoms with Crippen LogP contribution in [0.25, 0.3) is 0 Å². The molecule has 0 spiro atoms. The number of carbonyl (C=O) groups is 2. The maximum Gasteiger partial charge on any atom is 0.338 e. The SMILES string of the molecule is O=C(O[C@H]1[C@@H](O)[C@@H](O)[C@@H](CO)O[C@H]1c1c(O)cc(O)c(C(=O)c2ccc(O)cc2)c1O)c1cc(O)c(O)c(O)c1. The molecular formula is C26H24O14. The molecule has 1 saturated heterocycles. The molecule has 14 heteroatoms. The number of hydrogen-bond acceptors (Lipinski definition) is 14. The number of aliphatic hydroxyl groups excluding tert-OH is 3. The largest absolute Gasteiger partial charge is 0.508 e. The summed E-state index contributed by atoms with van der Waals surface area (Å²) in [6.45, 7) is -0.881. The molecule has 5 atom stereocenters. The molecule has 3 aromatic rings. The first-order valence-electron chi connectivity index (χ1n) is 11.6. The van der Waals surface area contributed by atoms with Crippen molar-refractivity contribution in [2.75, 3.05) is 6.61 Å². The van der Waals surface area contributed by atoms with Crippen molar-refractivity contribution >= 4 is 11.8 Å². The third kappa shape index (κ3) is 4.99. The molecule has 1 fully saturated rings. The Bertz CT molecular complexity index is 1430. The second-order valence-corrected chi connectivity index (χ2v) is 8.92. The van der Waals surface area contributed by atoms with Crippen LogP contribution in [0.2, 0.25) is 0 Å². The zero-order valence-corrected chi connectivity index (χ0v) is 20.2. The van der Waals surface area contributed by atoms with Gasteiger partial charge in [-0.3, -0.25) is 4.79 Å². The van der Waals surface area contributed by atoms with Crippen LogP contribution in [0.3, 0.4) is 0 Å². The van der Waals surface area contributed by atoms with Crippen molar-refractivity contribution in [3.63, 3.8) is 0 Å². The molecule has 0 amide bonds. The molecule has 1 aliphatic rings. The summed E-state index contributed by atoms with van der Waals surface area (Å²) in [5, 5.41) is 101. The summed E-state index contributed by atoms with van der Waals surface area (Å²) in [6, 6.07) is 6.84. The Morgan fingerprint density at radius 1 is 0.750 bits per heavy atom. The Balaban J connectivity index is 1.80. The van der Waals surface area contributed by atoms with Gasteiger partial charge in [-0.15, -0.1) is 0 Å². The fraction of sp³-hybridized carbons (Fsp3) is 0.231. The van der Waals surface area contributed by atoms with Crippen LogP contribution in [0, 0.1) is 0 Å². The lowest BCUT2D eigenvalue weighted by Crippen LogP contribution is -2.56. The van der Waals surface area contributed by atoms with Gasteiger partial charge in [0.15, 0.2) is 23.4 Å². The van der Waals surface area contributed by atoms with Gasteiger partial charge in [0, 0.05) is 11.6 Å². The summed E-state index contributed by atoms with van der Waals surface area (Å²) >= 11 is 0. The van der Waals surface area contributed by atoms with Gasteiger partial charge in [0.05, 0.1) is 17.7 Å². The molecule has 10 N–H and O–H groups in total. The molecule has 40 heavy (non-hydrogen) atoms. The van der Waals surface area contributed by atoms with E-state index in [-0.39, 0.29) is 11.3 Å². The van der Waals surface area contributed by atoms with Crippen LogP contribution in [0.15, 0.2) is 42.5 Å². The Hall–Kier alpha value is -4.76. The van der Waals surface area contributed by atoms with E-state index in [1.54, 1.807) is 0 Å². The third-order valence-corrected chi connectivity index (χ3v) is 6.35. The Kier molecular flexibility index (Phi) is 7.61. The lowest BCUT2D eigenvalue weighted by Gasteiger charge is -2.42. The monoisotopic (exact) mass is 560 g/mol. The van der Waals surface area contributed by atoms with Crippen LogP contribution in [0.1, 0.15) is 37.9 Å². The average molecular weight is 560 g/mol. The summed E-state index contributed by atoms with van der Waals surface area (Å²) < 4.78 is 10.8. The van der Waals surface area contributed by atoms with Gasteiger partial charge in [-0.25, -0.2) is 4.79 Å². The molecule has 14 nitrogen and oxygen atoms in total. The topological polar surface area (TPSA) is 255 Å². The predicted molar refractivity (Wildman–Crippen MR) is 130 cm³/mol. The van der Waals surface area contributed by atoms with Crippen LogP contribution in [0.4, 0.5) is 0 Å². The second-order valence-electron chi connectivity index (χ2n) is 8.92.